The van der Waals surface area contributed by atoms with Crippen LogP contribution in [-0.4, -0.2) is 30.7 Å². The van der Waals surface area contributed by atoms with Gasteiger partial charge >= 0.3 is 6.09 Å². The molecule has 0 aliphatic carbocycles. The summed E-state index contributed by atoms with van der Waals surface area (Å²) >= 11 is 0. The van der Waals surface area contributed by atoms with Gasteiger partial charge in [0.2, 0.25) is 0 Å². The van der Waals surface area contributed by atoms with Crippen LogP contribution in [0.15, 0.2) is 12.2 Å². The van der Waals surface area contributed by atoms with Crippen LogP contribution in [0, 0.1) is 0 Å². The third kappa shape index (κ3) is 4.01. The van der Waals surface area contributed by atoms with Gasteiger partial charge in [-0.1, -0.05) is 6.58 Å². The van der Waals surface area contributed by atoms with Gasteiger partial charge < -0.3 is 9.64 Å². The second-order valence-corrected chi connectivity index (χ2v) is 2.68. The van der Waals surface area contributed by atoms with E-state index in [-0.39, 0.29) is 6.09 Å². The monoisotopic (exact) mass is 171 g/mol. The molecule has 0 aromatic carbocycles. The molecule has 70 valence electrons. The van der Waals surface area contributed by atoms with Crippen molar-refractivity contribution in [3.8, 4) is 0 Å². The summed E-state index contributed by atoms with van der Waals surface area (Å²) in [6.45, 7) is 11.0. The minimum Gasteiger partial charge on any atom is -0.445 e. The van der Waals surface area contributed by atoms with E-state index in [1.54, 1.807) is 4.90 Å². The van der Waals surface area contributed by atoms with Crippen molar-refractivity contribution >= 4 is 6.09 Å². The highest BCUT2D eigenvalue weighted by Crippen LogP contribution is 1.95. The molecular weight excluding hydrogens is 154 g/mol. The van der Waals surface area contributed by atoms with Gasteiger partial charge in [-0.05, 0) is 26.3 Å². The van der Waals surface area contributed by atoms with E-state index in [1.165, 1.54) is 0 Å². The highest BCUT2D eigenvalue weighted by Gasteiger charge is 2.09. The van der Waals surface area contributed by atoms with E-state index in [9.17, 15) is 4.79 Å². The van der Waals surface area contributed by atoms with Crippen molar-refractivity contribution in [2.75, 3.05) is 19.7 Å². The second kappa shape index (κ2) is 5.63. The molecule has 0 radical (unpaired) electrons. The van der Waals surface area contributed by atoms with Gasteiger partial charge in [0.1, 0.15) is 6.61 Å². The summed E-state index contributed by atoms with van der Waals surface area (Å²) in [6.07, 6.45) is -0.261. The van der Waals surface area contributed by atoms with Crippen LogP contribution in [0.3, 0.4) is 0 Å². The molecule has 12 heavy (non-hydrogen) atoms. The normalized spacial score (nSPS) is 9.25. The molecule has 0 N–H and O–H groups in total. The standard InChI is InChI=1S/C9H17NO2/c1-5-10(6-2)9(11)12-7-8(3)4/h3,5-7H2,1-2,4H3. The van der Waals surface area contributed by atoms with E-state index in [4.69, 9.17) is 4.74 Å². The molecule has 1 amide bonds. The summed E-state index contributed by atoms with van der Waals surface area (Å²) in [6, 6.07) is 0. The Labute approximate surface area is 74.0 Å². The predicted octanol–water partition coefficient (Wildman–Crippen LogP) is 2.04. The van der Waals surface area contributed by atoms with Crippen molar-refractivity contribution in [2.45, 2.75) is 20.8 Å². The van der Waals surface area contributed by atoms with E-state index in [0.717, 1.165) is 5.57 Å². The molecular formula is C9H17NO2. The van der Waals surface area contributed by atoms with Gasteiger partial charge in [0.25, 0.3) is 0 Å². The lowest BCUT2D eigenvalue weighted by Gasteiger charge is -2.17. The highest BCUT2D eigenvalue weighted by molar-refractivity contribution is 5.67. The summed E-state index contributed by atoms with van der Waals surface area (Å²) in [7, 11) is 0. The average molecular weight is 171 g/mol. The van der Waals surface area contributed by atoms with Crippen molar-refractivity contribution in [1.82, 2.24) is 4.90 Å². The summed E-state index contributed by atoms with van der Waals surface area (Å²) in [5.41, 5.74) is 0.857. The van der Waals surface area contributed by atoms with Crippen LogP contribution < -0.4 is 0 Å². The second-order valence-electron chi connectivity index (χ2n) is 2.68. The van der Waals surface area contributed by atoms with E-state index < -0.39 is 0 Å². The van der Waals surface area contributed by atoms with E-state index >= 15 is 0 Å². The molecule has 0 saturated heterocycles. The lowest BCUT2D eigenvalue weighted by atomic mass is 10.4. The zero-order valence-corrected chi connectivity index (χ0v) is 8.09. The van der Waals surface area contributed by atoms with Gasteiger partial charge in [-0.2, -0.15) is 0 Å². The Hall–Kier alpha value is -0.990. The lowest BCUT2D eigenvalue weighted by Crippen LogP contribution is -2.31. The Kier molecular flexibility index (Phi) is 5.17. The molecule has 0 atom stereocenters. The number of rotatable bonds is 4. The maximum absolute atomic E-state index is 11.2. The SMILES string of the molecule is C=C(C)COC(=O)N(CC)CC. The number of hydrogen-bond donors (Lipinski definition) is 0. The van der Waals surface area contributed by atoms with Crippen LogP contribution in [0.1, 0.15) is 20.8 Å². The Balaban J connectivity index is 3.77. The van der Waals surface area contributed by atoms with Crippen LogP contribution in [0.2, 0.25) is 0 Å². The van der Waals surface area contributed by atoms with Crippen molar-refractivity contribution in [3.05, 3.63) is 12.2 Å². The van der Waals surface area contributed by atoms with Crippen LogP contribution in [0.4, 0.5) is 4.79 Å². The zero-order chi connectivity index (χ0) is 9.56. The molecule has 0 rings (SSSR count). The maximum atomic E-state index is 11.2. The largest absolute Gasteiger partial charge is 0.445 e. The van der Waals surface area contributed by atoms with E-state index in [2.05, 4.69) is 6.58 Å². The average Bonchev–Trinajstić information content (AvgIpc) is 2.03. The quantitative estimate of drug-likeness (QED) is 0.606. The number of carbonyl (C=O) groups is 1. The fourth-order valence-electron chi connectivity index (χ4n) is 0.758. The third-order valence-corrected chi connectivity index (χ3v) is 1.46. The molecule has 0 spiro atoms. The van der Waals surface area contributed by atoms with Gasteiger partial charge in [-0.15, -0.1) is 0 Å². The number of hydrogen-bond acceptors (Lipinski definition) is 2. The predicted molar refractivity (Wildman–Crippen MR) is 49.1 cm³/mol. The molecule has 0 aliphatic heterocycles. The third-order valence-electron chi connectivity index (χ3n) is 1.46. The van der Waals surface area contributed by atoms with E-state index in [1.807, 2.05) is 20.8 Å². The first kappa shape index (κ1) is 11.0. The minimum atomic E-state index is -0.261. The summed E-state index contributed by atoms with van der Waals surface area (Å²) in [5.74, 6) is 0. The topological polar surface area (TPSA) is 29.5 Å². The van der Waals surface area contributed by atoms with Gasteiger partial charge in [-0.25, -0.2) is 4.79 Å². The first-order valence-electron chi connectivity index (χ1n) is 4.17. The molecule has 0 heterocycles. The minimum absolute atomic E-state index is 0.261. The van der Waals surface area contributed by atoms with Crippen molar-refractivity contribution < 1.29 is 9.53 Å². The van der Waals surface area contributed by atoms with Gasteiger partial charge in [-0.3, -0.25) is 0 Å². The summed E-state index contributed by atoms with van der Waals surface area (Å²) in [4.78, 5) is 12.8. The van der Waals surface area contributed by atoms with Gasteiger partial charge in [0.05, 0.1) is 0 Å². The van der Waals surface area contributed by atoms with Gasteiger partial charge in [0, 0.05) is 13.1 Å². The molecule has 0 saturated carbocycles. The summed E-state index contributed by atoms with van der Waals surface area (Å²) < 4.78 is 4.93. The number of ether oxygens (including phenoxy) is 1. The van der Waals surface area contributed by atoms with Crippen LogP contribution in [-0.2, 0) is 4.74 Å². The fraction of sp³-hybridized carbons (Fsp3) is 0.667. The first-order chi connectivity index (χ1) is 5.61. The fourth-order valence-corrected chi connectivity index (χ4v) is 0.758. The Morgan fingerprint density at radius 2 is 1.92 bits per heavy atom. The number of nitrogens with zero attached hydrogens (tertiary/aromatic N) is 1. The summed E-state index contributed by atoms with van der Waals surface area (Å²) in [5, 5.41) is 0. The van der Waals surface area contributed by atoms with Crippen molar-refractivity contribution in [1.29, 1.82) is 0 Å². The molecule has 0 unspecified atom stereocenters. The zero-order valence-electron chi connectivity index (χ0n) is 8.09. The van der Waals surface area contributed by atoms with Crippen LogP contribution in [0.25, 0.3) is 0 Å². The molecule has 3 nitrogen and oxygen atoms in total. The van der Waals surface area contributed by atoms with Crippen molar-refractivity contribution in [3.63, 3.8) is 0 Å². The molecule has 0 fully saturated rings. The Morgan fingerprint density at radius 3 is 2.25 bits per heavy atom. The van der Waals surface area contributed by atoms with Crippen LogP contribution >= 0.6 is 0 Å². The lowest BCUT2D eigenvalue weighted by molar-refractivity contribution is 0.114. The molecule has 3 heteroatoms. The van der Waals surface area contributed by atoms with E-state index in [0.29, 0.717) is 19.7 Å². The Morgan fingerprint density at radius 1 is 1.42 bits per heavy atom. The highest BCUT2D eigenvalue weighted by atomic mass is 16.6. The number of carbonyl (C=O) groups excluding carboxylic acids is 1. The first-order valence-corrected chi connectivity index (χ1v) is 4.17. The molecule has 0 aromatic rings. The van der Waals surface area contributed by atoms with Gasteiger partial charge in [0.15, 0.2) is 0 Å². The smallest absolute Gasteiger partial charge is 0.410 e. The molecule has 0 aliphatic rings. The molecule has 0 bridgehead atoms. The van der Waals surface area contributed by atoms with Crippen LogP contribution in [0.5, 0.6) is 0 Å². The Bertz CT molecular complexity index is 162. The molecule has 0 aromatic heterocycles. The maximum Gasteiger partial charge on any atom is 0.410 e. The number of amides is 1. The van der Waals surface area contributed by atoms with Crippen molar-refractivity contribution in [2.24, 2.45) is 0 Å².